The lowest BCUT2D eigenvalue weighted by atomic mass is 10.1. The molecule has 0 aliphatic carbocycles. The largest absolute Gasteiger partial charge is 0.357 e. The number of carbonyl (C=O) groups is 1. The molecule has 3 rings (SSSR count). The van der Waals surface area contributed by atoms with Crippen LogP contribution >= 0.6 is 24.0 Å². The van der Waals surface area contributed by atoms with E-state index in [4.69, 9.17) is 4.99 Å². The average Bonchev–Trinajstić information content (AvgIpc) is 2.82. The summed E-state index contributed by atoms with van der Waals surface area (Å²) in [7, 11) is 1.65. The number of guanidine groups is 1. The molecule has 1 fully saturated rings. The van der Waals surface area contributed by atoms with E-state index in [2.05, 4.69) is 63.8 Å². The molecule has 2 N–H and O–H groups in total. The number of carbonyl (C=O) groups excluding carboxylic acids is 1. The number of amides is 1. The third-order valence-corrected chi connectivity index (χ3v) is 5.31. The number of rotatable bonds is 7. The van der Waals surface area contributed by atoms with Crippen LogP contribution in [0.3, 0.4) is 0 Å². The minimum atomic E-state index is -0.0739. The first-order valence-electron chi connectivity index (χ1n) is 11.0. The molecular formula is C25H34IN5O. The number of piperazine rings is 1. The van der Waals surface area contributed by atoms with Gasteiger partial charge < -0.3 is 15.5 Å². The first kappa shape index (κ1) is 25.9. The first-order chi connectivity index (χ1) is 15.2. The minimum Gasteiger partial charge on any atom is -0.357 e. The lowest BCUT2D eigenvalue weighted by Gasteiger charge is -2.36. The molecular weight excluding hydrogens is 513 g/mol. The van der Waals surface area contributed by atoms with Gasteiger partial charge in [-0.15, -0.1) is 24.0 Å². The average molecular weight is 547 g/mol. The highest BCUT2D eigenvalue weighted by Gasteiger charge is 2.18. The standard InChI is InChI=1S/C25H33N5O.HI/c1-3-27-25(28-20-22-11-7-13-23(19-22)24(31)26-2)30-17-15-29(16-18-30)14-8-12-21-9-5-4-6-10-21;/h4-13,19H,3,14-18,20H2,1-2H3,(H,26,31)(H,27,28);1H/b12-8+;. The molecule has 0 atom stereocenters. The van der Waals surface area contributed by atoms with Crippen LogP contribution in [-0.4, -0.2) is 68.0 Å². The van der Waals surface area contributed by atoms with Crippen LogP contribution in [0.15, 0.2) is 65.7 Å². The molecule has 2 aromatic rings. The summed E-state index contributed by atoms with van der Waals surface area (Å²) >= 11 is 0. The Hall–Kier alpha value is -2.39. The fourth-order valence-electron chi connectivity index (χ4n) is 3.59. The van der Waals surface area contributed by atoms with Crippen LogP contribution in [0.25, 0.3) is 6.08 Å². The number of nitrogens with one attached hydrogen (secondary N) is 2. The van der Waals surface area contributed by atoms with E-state index in [1.54, 1.807) is 7.05 Å². The van der Waals surface area contributed by atoms with Crippen LogP contribution in [0.4, 0.5) is 0 Å². The van der Waals surface area contributed by atoms with Gasteiger partial charge in [-0.3, -0.25) is 9.69 Å². The molecule has 2 aromatic carbocycles. The Bertz CT molecular complexity index is 892. The zero-order chi connectivity index (χ0) is 21.9. The van der Waals surface area contributed by atoms with E-state index in [-0.39, 0.29) is 29.9 Å². The van der Waals surface area contributed by atoms with Crippen molar-refractivity contribution in [1.29, 1.82) is 0 Å². The first-order valence-corrected chi connectivity index (χ1v) is 11.0. The molecule has 172 valence electrons. The van der Waals surface area contributed by atoms with Crippen molar-refractivity contribution in [3.05, 3.63) is 77.4 Å². The van der Waals surface area contributed by atoms with Gasteiger partial charge in [0, 0.05) is 51.9 Å². The van der Waals surface area contributed by atoms with Crippen molar-refractivity contribution < 1.29 is 4.79 Å². The fraction of sp³-hybridized carbons (Fsp3) is 0.360. The van der Waals surface area contributed by atoms with Gasteiger partial charge in [-0.2, -0.15) is 0 Å². The van der Waals surface area contributed by atoms with Crippen molar-refractivity contribution in [1.82, 2.24) is 20.4 Å². The van der Waals surface area contributed by atoms with Crippen LogP contribution in [0, 0.1) is 0 Å². The summed E-state index contributed by atoms with van der Waals surface area (Å²) in [5.41, 5.74) is 2.93. The van der Waals surface area contributed by atoms with E-state index in [1.807, 2.05) is 30.3 Å². The second-order valence-electron chi connectivity index (χ2n) is 7.55. The van der Waals surface area contributed by atoms with E-state index in [0.29, 0.717) is 12.1 Å². The second-order valence-corrected chi connectivity index (χ2v) is 7.55. The van der Waals surface area contributed by atoms with Gasteiger partial charge in [-0.1, -0.05) is 54.6 Å². The monoisotopic (exact) mass is 547 g/mol. The topological polar surface area (TPSA) is 60.0 Å². The fourth-order valence-corrected chi connectivity index (χ4v) is 3.59. The SMILES string of the molecule is CCNC(=NCc1cccc(C(=O)NC)c1)N1CCN(C/C=C/c2ccccc2)CC1.I. The van der Waals surface area contributed by atoms with E-state index in [1.165, 1.54) is 5.56 Å². The molecule has 0 radical (unpaired) electrons. The van der Waals surface area contributed by atoms with Crippen molar-refractivity contribution in [3.63, 3.8) is 0 Å². The van der Waals surface area contributed by atoms with Crippen molar-refractivity contribution in [2.24, 2.45) is 4.99 Å². The summed E-state index contributed by atoms with van der Waals surface area (Å²) in [5.74, 6) is 0.863. The maximum Gasteiger partial charge on any atom is 0.251 e. The second kappa shape index (κ2) is 13.9. The normalized spacial score (nSPS) is 14.8. The van der Waals surface area contributed by atoms with Gasteiger partial charge in [0.2, 0.25) is 0 Å². The molecule has 1 aliphatic rings. The Morgan fingerprint density at radius 1 is 1.06 bits per heavy atom. The van der Waals surface area contributed by atoms with Gasteiger partial charge >= 0.3 is 0 Å². The van der Waals surface area contributed by atoms with Gasteiger partial charge in [0.05, 0.1) is 6.54 Å². The summed E-state index contributed by atoms with van der Waals surface area (Å²) in [5, 5.41) is 6.08. The zero-order valence-electron chi connectivity index (χ0n) is 19.0. The van der Waals surface area contributed by atoms with Gasteiger partial charge in [0.25, 0.3) is 5.91 Å². The molecule has 0 aromatic heterocycles. The van der Waals surface area contributed by atoms with Crippen molar-refractivity contribution >= 4 is 41.9 Å². The van der Waals surface area contributed by atoms with Gasteiger partial charge in [-0.05, 0) is 30.2 Å². The molecule has 0 spiro atoms. The zero-order valence-corrected chi connectivity index (χ0v) is 21.3. The third kappa shape index (κ3) is 7.94. The molecule has 1 amide bonds. The predicted octanol–water partition coefficient (Wildman–Crippen LogP) is 3.46. The van der Waals surface area contributed by atoms with Gasteiger partial charge in [0.15, 0.2) is 5.96 Å². The Labute approximate surface area is 208 Å². The van der Waals surface area contributed by atoms with Crippen molar-refractivity contribution in [3.8, 4) is 0 Å². The van der Waals surface area contributed by atoms with Crippen LogP contribution in [0.5, 0.6) is 0 Å². The number of hydrogen-bond donors (Lipinski definition) is 2. The molecule has 0 bridgehead atoms. The lowest BCUT2D eigenvalue weighted by molar-refractivity contribution is 0.0963. The van der Waals surface area contributed by atoms with E-state index in [0.717, 1.165) is 50.8 Å². The summed E-state index contributed by atoms with van der Waals surface area (Å²) in [6.07, 6.45) is 4.43. The number of benzene rings is 2. The highest BCUT2D eigenvalue weighted by atomic mass is 127. The highest BCUT2D eigenvalue weighted by Crippen LogP contribution is 2.09. The Morgan fingerprint density at radius 2 is 1.81 bits per heavy atom. The van der Waals surface area contributed by atoms with Crippen molar-refractivity contribution in [2.75, 3.05) is 46.3 Å². The van der Waals surface area contributed by atoms with Gasteiger partial charge in [-0.25, -0.2) is 4.99 Å². The molecule has 1 saturated heterocycles. The number of hydrogen-bond acceptors (Lipinski definition) is 3. The molecule has 0 unspecified atom stereocenters. The van der Waals surface area contributed by atoms with Crippen LogP contribution < -0.4 is 10.6 Å². The maximum absolute atomic E-state index is 11.9. The van der Waals surface area contributed by atoms with Crippen LogP contribution in [0.1, 0.15) is 28.4 Å². The summed E-state index contributed by atoms with van der Waals surface area (Å²) in [6.45, 7) is 8.34. The Balaban J connectivity index is 0.00000363. The highest BCUT2D eigenvalue weighted by molar-refractivity contribution is 14.0. The van der Waals surface area contributed by atoms with E-state index in [9.17, 15) is 4.79 Å². The smallest absolute Gasteiger partial charge is 0.251 e. The minimum absolute atomic E-state index is 0. The summed E-state index contributed by atoms with van der Waals surface area (Å²) < 4.78 is 0. The Morgan fingerprint density at radius 3 is 2.50 bits per heavy atom. The molecule has 7 heteroatoms. The van der Waals surface area contributed by atoms with Gasteiger partial charge in [0.1, 0.15) is 0 Å². The predicted molar refractivity (Wildman–Crippen MR) is 144 cm³/mol. The molecule has 1 heterocycles. The van der Waals surface area contributed by atoms with Crippen molar-refractivity contribution in [2.45, 2.75) is 13.5 Å². The van der Waals surface area contributed by atoms with E-state index < -0.39 is 0 Å². The number of aliphatic imine (C=N–C) groups is 1. The number of halogens is 1. The van der Waals surface area contributed by atoms with Crippen LogP contribution in [-0.2, 0) is 6.54 Å². The summed E-state index contributed by atoms with van der Waals surface area (Å²) in [4.78, 5) is 21.5. The van der Waals surface area contributed by atoms with Crippen LogP contribution in [0.2, 0.25) is 0 Å². The third-order valence-electron chi connectivity index (χ3n) is 5.31. The molecule has 1 aliphatic heterocycles. The molecule has 6 nitrogen and oxygen atoms in total. The summed E-state index contributed by atoms with van der Waals surface area (Å²) in [6, 6.07) is 18.1. The maximum atomic E-state index is 11.9. The van der Waals surface area contributed by atoms with E-state index >= 15 is 0 Å². The number of nitrogens with zero attached hydrogens (tertiary/aromatic N) is 3. The molecule has 0 saturated carbocycles. The quantitative estimate of drug-likeness (QED) is 0.317. The Kier molecular flexibility index (Phi) is 11.2. The lowest BCUT2D eigenvalue weighted by Crippen LogP contribution is -2.52. The molecule has 32 heavy (non-hydrogen) atoms.